The number of hydrogen-bond donors (Lipinski definition) is 3. The van der Waals surface area contributed by atoms with Crippen LogP contribution in [0.25, 0.3) is 0 Å². The molecule has 0 amide bonds. The highest BCUT2D eigenvalue weighted by Crippen LogP contribution is 2.52. The van der Waals surface area contributed by atoms with Crippen LogP contribution in [0.1, 0.15) is 126 Å². The Balaban J connectivity index is 1.48. The van der Waals surface area contributed by atoms with Gasteiger partial charge >= 0.3 is 23.9 Å². The Bertz CT molecular complexity index is 1060. The Kier molecular flexibility index (Phi) is 13.1. The van der Waals surface area contributed by atoms with Crippen LogP contribution in [0.3, 0.4) is 0 Å². The van der Waals surface area contributed by atoms with E-state index in [1.807, 2.05) is 55.4 Å². The molecular weight excluding hydrogens is 662 g/mol. The maximum atomic E-state index is 14.5. The third-order valence-corrected chi connectivity index (χ3v) is 13.6. The summed E-state index contributed by atoms with van der Waals surface area (Å²) >= 11 is 0. The lowest BCUT2D eigenvalue weighted by atomic mass is 9.56. The molecule has 3 saturated heterocycles. The highest BCUT2D eigenvalue weighted by atomic mass is 16.6. The summed E-state index contributed by atoms with van der Waals surface area (Å²) in [7, 11) is 0. The van der Waals surface area contributed by atoms with Crippen molar-refractivity contribution in [2.45, 2.75) is 148 Å². The summed E-state index contributed by atoms with van der Waals surface area (Å²) in [6, 6.07) is 0. The van der Waals surface area contributed by atoms with Crippen molar-refractivity contribution >= 4 is 23.9 Å². The van der Waals surface area contributed by atoms with Crippen molar-refractivity contribution in [1.29, 1.82) is 0 Å². The van der Waals surface area contributed by atoms with Gasteiger partial charge in [0.25, 0.3) is 0 Å². The number of nitrogens with one attached hydrogen (secondary N) is 3. The minimum Gasteiger partial charge on any atom is -0.459 e. The van der Waals surface area contributed by atoms with Crippen molar-refractivity contribution in [2.24, 2.45) is 47.3 Å². The maximum Gasteiger partial charge on any atom is 0.311 e. The fourth-order valence-corrected chi connectivity index (χ4v) is 9.91. The topological polar surface area (TPSA) is 141 Å². The second kappa shape index (κ2) is 16.6. The zero-order valence-electron chi connectivity index (χ0n) is 33.4. The summed E-state index contributed by atoms with van der Waals surface area (Å²) in [5.41, 5.74) is -3.36. The first-order valence-electron chi connectivity index (χ1n) is 20.5. The Morgan fingerprint density at radius 3 is 0.808 bits per heavy atom. The first kappa shape index (κ1) is 40.9. The van der Waals surface area contributed by atoms with Gasteiger partial charge in [0, 0.05) is 17.8 Å². The van der Waals surface area contributed by atoms with Crippen LogP contribution in [0.2, 0.25) is 0 Å². The molecule has 11 heteroatoms. The number of hydrogen-bond acceptors (Lipinski definition) is 11. The van der Waals surface area contributed by atoms with Gasteiger partial charge in [0.15, 0.2) is 0 Å². The fraction of sp³-hybridized carbons (Fsp3) is 0.902. The minimum atomic E-state index is -1.25. The Labute approximate surface area is 312 Å². The fourth-order valence-electron chi connectivity index (χ4n) is 9.91. The molecule has 0 radical (unpaired) electrons. The number of rotatable bonds is 12. The van der Waals surface area contributed by atoms with Crippen molar-refractivity contribution in [2.75, 3.05) is 39.3 Å². The van der Waals surface area contributed by atoms with Crippen LogP contribution >= 0.6 is 0 Å². The Morgan fingerprint density at radius 1 is 0.365 bits per heavy atom. The second-order valence-electron chi connectivity index (χ2n) is 18.6. The Morgan fingerprint density at radius 2 is 0.577 bits per heavy atom. The van der Waals surface area contributed by atoms with E-state index in [2.05, 4.69) is 16.0 Å². The standard InChI is InChI=1S/C41H69N3O8/c1-38(2,26-12-10-9-11-13-26)49-34(45)30-31(35(46)50-39(3,4)27-14-20-42-21-15-27)33(37(48)52-41(7,8)29-18-24-44-25-19-29)32(30)36(47)51-40(5,6)28-16-22-43-23-17-28/h26-33,42-44H,9-25H2,1-8H3. The van der Waals surface area contributed by atoms with Crippen molar-refractivity contribution in [3.8, 4) is 0 Å². The first-order valence-corrected chi connectivity index (χ1v) is 20.5. The van der Waals surface area contributed by atoms with Crippen molar-refractivity contribution < 1.29 is 38.1 Å². The summed E-state index contributed by atoms with van der Waals surface area (Å²) < 4.78 is 25.3. The molecule has 3 aliphatic heterocycles. The van der Waals surface area contributed by atoms with Gasteiger partial charge in [-0.2, -0.15) is 0 Å². The van der Waals surface area contributed by atoms with Crippen LogP contribution in [0.5, 0.6) is 0 Å². The second-order valence-corrected chi connectivity index (χ2v) is 18.6. The van der Waals surface area contributed by atoms with Crippen molar-refractivity contribution in [1.82, 2.24) is 16.0 Å². The summed E-state index contributed by atoms with van der Waals surface area (Å²) in [6.07, 6.45) is 10.2. The van der Waals surface area contributed by atoms with Gasteiger partial charge in [0.2, 0.25) is 0 Å². The van der Waals surface area contributed by atoms with E-state index >= 15 is 0 Å². The molecule has 5 aliphatic rings. The molecule has 2 atom stereocenters. The van der Waals surface area contributed by atoms with E-state index in [9.17, 15) is 19.2 Å². The third-order valence-electron chi connectivity index (χ3n) is 13.6. The normalized spacial score (nSPS) is 28.0. The first-order chi connectivity index (χ1) is 24.4. The van der Waals surface area contributed by atoms with E-state index < -0.39 is 70.0 Å². The van der Waals surface area contributed by atoms with E-state index in [0.717, 1.165) is 110 Å². The molecule has 0 bridgehead atoms. The summed E-state index contributed by atoms with van der Waals surface area (Å²) in [5, 5.41) is 10.1. The van der Waals surface area contributed by atoms with Crippen LogP contribution < -0.4 is 16.0 Å². The van der Waals surface area contributed by atoms with E-state index in [1.54, 1.807) is 0 Å². The smallest absolute Gasteiger partial charge is 0.311 e. The molecule has 2 unspecified atom stereocenters. The van der Waals surface area contributed by atoms with Crippen LogP contribution in [0.4, 0.5) is 0 Å². The molecule has 2 saturated carbocycles. The highest BCUT2D eigenvalue weighted by molar-refractivity contribution is 5.98. The van der Waals surface area contributed by atoms with Crippen LogP contribution in [0.15, 0.2) is 0 Å². The third kappa shape index (κ3) is 9.34. The van der Waals surface area contributed by atoms with E-state index in [4.69, 9.17) is 18.9 Å². The summed E-state index contributed by atoms with van der Waals surface area (Å²) in [4.78, 5) is 58.1. The summed E-state index contributed by atoms with van der Waals surface area (Å²) in [6.45, 7) is 20.2. The molecule has 0 spiro atoms. The van der Waals surface area contributed by atoms with Gasteiger partial charge in [0.05, 0.1) is 23.7 Å². The lowest BCUT2D eigenvalue weighted by Gasteiger charge is -2.50. The van der Waals surface area contributed by atoms with Gasteiger partial charge in [-0.15, -0.1) is 0 Å². The van der Waals surface area contributed by atoms with E-state index in [-0.39, 0.29) is 23.7 Å². The monoisotopic (exact) mass is 732 g/mol. The molecule has 3 heterocycles. The number of carbonyl (C=O) groups excluding carboxylic acids is 4. The molecule has 296 valence electrons. The average Bonchev–Trinajstić information content (AvgIpc) is 3.08. The molecule has 3 N–H and O–H groups in total. The molecule has 0 aromatic carbocycles. The van der Waals surface area contributed by atoms with Gasteiger partial charge in [-0.05, 0) is 152 Å². The molecule has 52 heavy (non-hydrogen) atoms. The number of piperidine rings is 3. The number of ether oxygens (including phenoxy) is 4. The van der Waals surface area contributed by atoms with Gasteiger partial charge < -0.3 is 34.9 Å². The maximum absolute atomic E-state index is 14.5. The highest BCUT2D eigenvalue weighted by Gasteiger charge is 2.67. The van der Waals surface area contributed by atoms with E-state index in [0.29, 0.717) is 0 Å². The zero-order valence-corrected chi connectivity index (χ0v) is 33.4. The summed E-state index contributed by atoms with van der Waals surface area (Å²) in [5.74, 6) is -7.16. The van der Waals surface area contributed by atoms with E-state index in [1.165, 1.54) is 0 Å². The van der Waals surface area contributed by atoms with Gasteiger partial charge in [-0.3, -0.25) is 19.2 Å². The predicted octanol–water partition coefficient (Wildman–Crippen LogP) is 5.33. The Hall–Kier alpha value is -2.24. The average molecular weight is 732 g/mol. The molecular formula is C41H69N3O8. The van der Waals surface area contributed by atoms with Crippen molar-refractivity contribution in [3.63, 3.8) is 0 Å². The van der Waals surface area contributed by atoms with Crippen LogP contribution in [-0.4, -0.2) is 85.5 Å². The van der Waals surface area contributed by atoms with Gasteiger partial charge in [-0.25, -0.2) is 0 Å². The van der Waals surface area contributed by atoms with Crippen LogP contribution in [-0.2, 0) is 38.1 Å². The lowest BCUT2D eigenvalue weighted by molar-refractivity contribution is -0.220. The number of carbonyl (C=O) groups is 4. The number of esters is 4. The molecule has 0 aromatic heterocycles. The molecule has 2 aliphatic carbocycles. The lowest BCUT2D eigenvalue weighted by Crippen LogP contribution is -2.64. The molecule has 5 fully saturated rings. The molecule has 11 nitrogen and oxygen atoms in total. The minimum absolute atomic E-state index is 0.100. The largest absolute Gasteiger partial charge is 0.459 e. The zero-order chi connectivity index (χ0) is 37.9. The van der Waals surface area contributed by atoms with Gasteiger partial charge in [-0.1, -0.05) is 19.3 Å². The predicted molar refractivity (Wildman–Crippen MR) is 198 cm³/mol. The quantitative estimate of drug-likeness (QED) is 0.177. The van der Waals surface area contributed by atoms with Gasteiger partial charge in [0.1, 0.15) is 22.4 Å². The molecule has 5 rings (SSSR count). The SMILES string of the molecule is CC(C)(OC(=O)C1C(C(=O)OC(C)(C)C2CCNCC2)C(C(=O)OC(C)(C)C2CCNCC2)C1C(=O)OC(C)(C)C1CCNCC1)C1CCCCC1. The molecule has 0 aromatic rings. The van der Waals surface area contributed by atoms with Crippen LogP contribution in [0, 0.1) is 47.3 Å². The van der Waals surface area contributed by atoms with Crippen molar-refractivity contribution in [3.05, 3.63) is 0 Å².